The molecule has 1 aromatic rings. The van der Waals surface area contributed by atoms with Gasteiger partial charge < -0.3 is 9.73 Å². The predicted molar refractivity (Wildman–Crippen MR) is 54.9 cm³/mol. The number of aromatic nitrogens is 1. The van der Waals surface area contributed by atoms with Crippen molar-refractivity contribution in [2.24, 2.45) is 0 Å². The van der Waals surface area contributed by atoms with Crippen LogP contribution in [0.1, 0.15) is 13.3 Å². The van der Waals surface area contributed by atoms with Crippen molar-refractivity contribution in [2.45, 2.75) is 24.1 Å². The molecule has 1 unspecified atom stereocenters. The van der Waals surface area contributed by atoms with E-state index in [2.05, 4.69) is 16.4 Å². The number of nitriles is 1. The van der Waals surface area contributed by atoms with Gasteiger partial charge in [-0.05, 0) is 20.4 Å². The lowest BCUT2D eigenvalue weighted by molar-refractivity contribution is 0.451. The van der Waals surface area contributed by atoms with E-state index in [-0.39, 0.29) is 0 Å². The van der Waals surface area contributed by atoms with Gasteiger partial charge in [0.25, 0.3) is 5.22 Å². The summed E-state index contributed by atoms with van der Waals surface area (Å²) in [7, 11) is 1.79. The van der Waals surface area contributed by atoms with Crippen molar-refractivity contribution >= 4 is 11.8 Å². The summed E-state index contributed by atoms with van der Waals surface area (Å²) >= 11 is 1.52. The molecule has 0 radical (unpaired) electrons. The van der Waals surface area contributed by atoms with Gasteiger partial charge in [-0.25, -0.2) is 4.98 Å². The van der Waals surface area contributed by atoms with E-state index in [1.165, 1.54) is 11.8 Å². The van der Waals surface area contributed by atoms with E-state index in [9.17, 15) is 0 Å². The van der Waals surface area contributed by atoms with Crippen LogP contribution in [-0.2, 0) is 0 Å². The zero-order chi connectivity index (χ0) is 10.4. The number of oxazole rings is 1. The molecule has 0 spiro atoms. The van der Waals surface area contributed by atoms with Gasteiger partial charge in [0.2, 0.25) is 0 Å². The van der Waals surface area contributed by atoms with Gasteiger partial charge in [0.05, 0.1) is 12.3 Å². The fourth-order valence-electron chi connectivity index (χ4n) is 0.861. The van der Waals surface area contributed by atoms with Gasteiger partial charge in [-0.2, -0.15) is 5.26 Å². The van der Waals surface area contributed by atoms with Crippen LogP contribution in [0.5, 0.6) is 0 Å². The maximum atomic E-state index is 8.88. The van der Waals surface area contributed by atoms with E-state index in [1.54, 1.807) is 19.5 Å². The minimum atomic E-state index is -0.459. The molecule has 0 saturated heterocycles. The first-order valence-corrected chi connectivity index (χ1v) is 5.31. The smallest absolute Gasteiger partial charge is 0.255 e. The summed E-state index contributed by atoms with van der Waals surface area (Å²) < 4.78 is 5.06. The highest BCUT2D eigenvalue weighted by molar-refractivity contribution is 7.99. The molecule has 1 aromatic heterocycles. The molecule has 1 atom stereocenters. The molecule has 0 fully saturated rings. The Kier molecular flexibility index (Phi) is 3.98. The van der Waals surface area contributed by atoms with E-state index < -0.39 is 5.54 Å². The molecule has 76 valence electrons. The number of nitrogens with zero attached hydrogens (tertiary/aromatic N) is 2. The lowest BCUT2D eigenvalue weighted by Crippen LogP contribution is -2.38. The maximum absolute atomic E-state index is 8.88. The second-order valence-corrected chi connectivity index (χ2v) is 4.14. The molecule has 1 heterocycles. The summed E-state index contributed by atoms with van der Waals surface area (Å²) in [5, 5.41) is 12.5. The van der Waals surface area contributed by atoms with Crippen molar-refractivity contribution < 1.29 is 4.42 Å². The summed E-state index contributed by atoms with van der Waals surface area (Å²) in [4.78, 5) is 3.98. The maximum Gasteiger partial charge on any atom is 0.255 e. The molecule has 4 nitrogen and oxygen atoms in total. The third-order valence-corrected chi connectivity index (χ3v) is 2.89. The van der Waals surface area contributed by atoms with E-state index in [4.69, 9.17) is 9.68 Å². The van der Waals surface area contributed by atoms with Gasteiger partial charge in [0.15, 0.2) is 0 Å². The Hall–Kier alpha value is -0.990. The van der Waals surface area contributed by atoms with E-state index >= 15 is 0 Å². The number of nitrogens with one attached hydrogen (secondary N) is 1. The number of thioether (sulfide) groups is 1. The second-order valence-electron chi connectivity index (χ2n) is 3.09. The monoisotopic (exact) mass is 211 g/mol. The highest BCUT2D eigenvalue weighted by Crippen LogP contribution is 2.19. The predicted octanol–water partition coefficient (Wildman–Crippen LogP) is 1.66. The van der Waals surface area contributed by atoms with Gasteiger partial charge in [-0.15, -0.1) is 0 Å². The zero-order valence-electron chi connectivity index (χ0n) is 8.28. The number of rotatable bonds is 5. The van der Waals surface area contributed by atoms with Crippen LogP contribution in [0.25, 0.3) is 0 Å². The molecule has 0 saturated carbocycles. The SMILES string of the molecule is CNC(C)(C#N)CCSc1ncco1. The third-order valence-electron chi connectivity index (χ3n) is 2.04. The van der Waals surface area contributed by atoms with Crippen LogP contribution < -0.4 is 5.32 Å². The van der Waals surface area contributed by atoms with Gasteiger partial charge in [-0.1, -0.05) is 11.8 Å². The Balaban J connectivity index is 2.31. The van der Waals surface area contributed by atoms with Crippen molar-refractivity contribution in [3.8, 4) is 6.07 Å². The third kappa shape index (κ3) is 3.05. The minimum absolute atomic E-state index is 0.459. The standard InChI is InChI=1S/C9H13N3OS/c1-9(7-10,11-2)3-6-14-8-12-4-5-13-8/h4-5,11H,3,6H2,1-2H3. The van der Waals surface area contributed by atoms with Gasteiger partial charge >= 0.3 is 0 Å². The Labute approximate surface area is 87.7 Å². The van der Waals surface area contributed by atoms with Crippen LogP contribution in [-0.4, -0.2) is 23.3 Å². The average molecular weight is 211 g/mol. The van der Waals surface area contributed by atoms with Crippen LogP contribution >= 0.6 is 11.8 Å². The Morgan fingerprint density at radius 2 is 2.57 bits per heavy atom. The number of hydrogen-bond acceptors (Lipinski definition) is 5. The summed E-state index contributed by atoms with van der Waals surface area (Å²) in [6.45, 7) is 1.88. The first kappa shape index (κ1) is 11.1. The highest BCUT2D eigenvalue weighted by Gasteiger charge is 2.20. The van der Waals surface area contributed by atoms with Crippen LogP contribution in [0.3, 0.4) is 0 Å². The van der Waals surface area contributed by atoms with Crippen molar-refractivity contribution in [2.75, 3.05) is 12.8 Å². The topological polar surface area (TPSA) is 61.9 Å². The van der Waals surface area contributed by atoms with Crippen molar-refractivity contribution in [1.29, 1.82) is 5.26 Å². The summed E-state index contributed by atoms with van der Waals surface area (Å²) in [5.41, 5.74) is -0.459. The number of hydrogen-bond donors (Lipinski definition) is 1. The molecule has 0 aliphatic carbocycles. The van der Waals surface area contributed by atoms with Crippen LogP contribution in [0.15, 0.2) is 22.1 Å². The molecular weight excluding hydrogens is 198 g/mol. The van der Waals surface area contributed by atoms with Crippen molar-refractivity contribution in [3.05, 3.63) is 12.5 Å². The lowest BCUT2D eigenvalue weighted by Gasteiger charge is -2.19. The highest BCUT2D eigenvalue weighted by atomic mass is 32.2. The van der Waals surface area contributed by atoms with Gasteiger partial charge in [0, 0.05) is 5.75 Å². The largest absolute Gasteiger partial charge is 0.440 e. The average Bonchev–Trinajstić information content (AvgIpc) is 2.70. The zero-order valence-corrected chi connectivity index (χ0v) is 9.10. The molecule has 5 heteroatoms. The first-order chi connectivity index (χ1) is 6.70. The fourth-order valence-corrected chi connectivity index (χ4v) is 1.80. The Morgan fingerprint density at radius 3 is 3.07 bits per heavy atom. The molecule has 0 aromatic carbocycles. The normalized spacial score (nSPS) is 14.6. The quantitative estimate of drug-likeness (QED) is 0.750. The lowest BCUT2D eigenvalue weighted by atomic mass is 10.0. The summed E-state index contributed by atoms with van der Waals surface area (Å²) in [5.74, 6) is 0.811. The minimum Gasteiger partial charge on any atom is -0.440 e. The van der Waals surface area contributed by atoms with Gasteiger partial charge in [-0.3, -0.25) is 0 Å². The second kappa shape index (κ2) is 5.03. The molecule has 14 heavy (non-hydrogen) atoms. The van der Waals surface area contributed by atoms with Crippen molar-refractivity contribution in [1.82, 2.24) is 10.3 Å². The first-order valence-electron chi connectivity index (χ1n) is 4.32. The van der Waals surface area contributed by atoms with Crippen molar-refractivity contribution in [3.63, 3.8) is 0 Å². The molecule has 1 rings (SSSR count). The molecule has 1 N–H and O–H groups in total. The fraction of sp³-hybridized carbons (Fsp3) is 0.556. The van der Waals surface area contributed by atoms with E-state index in [0.717, 1.165) is 12.2 Å². The molecule has 0 aliphatic heterocycles. The Morgan fingerprint density at radius 1 is 1.79 bits per heavy atom. The molecule has 0 amide bonds. The van der Waals surface area contributed by atoms with E-state index in [0.29, 0.717) is 5.22 Å². The molecule has 0 aliphatic rings. The molecular formula is C9H13N3OS. The molecule has 0 bridgehead atoms. The Bertz CT molecular complexity index is 306. The van der Waals surface area contributed by atoms with Gasteiger partial charge in [0.1, 0.15) is 11.8 Å². The van der Waals surface area contributed by atoms with Crippen LogP contribution in [0.4, 0.5) is 0 Å². The summed E-state index contributed by atoms with van der Waals surface area (Å²) in [6, 6.07) is 2.23. The van der Waals surface area contributed by atoms with E-state index in [1.807, 2.05) is 6.92 Å². The van der Waals surface area contributed by atoms with Crippen LogP contribution in [0, 0.1) is 11.3 Å². The van der Waals surface area contributed by atoms with Crippen LogP contribution in [0.2, 0.25) is 0 Å². The summed E-state index contributed by atoms with van der Waals surface area (Å²) in [6.07, 6.45) is 3.92.